The lowest BCUT2D eigenvalue weighted by atomic mass is 10.3. The molecule has 6 heteroatoms. The first kappa shape index (κ1) is 10.5. The van der Waals surface area contributed by atoms with Crippen LogP contribution in [0.3, 0.4) is 0 Å². The highest BCUT2D eigenvalue weighted by Gasteiger charge is 2.21. The lowest BCUT2D eigenvalue weighted by Crippen LogP contribution is -2.16. The Balaban J connectivity index is 1.76. The van der Waals surface area contributed by atoms with E-state index >= 15 is 0 Å². The zero-order valence-electron chi connectivity index (χ0n) is 9.97. The van der Waals surface area contributed by atoms with Crippen molar-refractivity contribution >= 4 is 0 Å². The van der Waals surface area contributed by atoms with Crippen molar-refractivity contribution in [1.29, 1.82) is 0 Å². The van der Waals surface area contributed by atoms with E-state index in [-0.39, 0.29) is 0 Å². The molecule has 0 bridgehead atoms. The van der Waals surface area contributed by atoms with E-state index in [1.807, 2.05) is 20.2 Å². The van der Waals surface area contributed by atoms with Gasteiger partial charge in [-0.1, -0.05) is 5.16 Å². The minimum atomic E-state index is 0.545. The highest BCUT2D eigenvalue weighted by Crippen LogP contribution is 2.21. The van der Waals surface area contributed by atoms with Crippen molar-refractivity contribution in [1.82, 2.24) is 25.2 Å². The number of aromatic nitrogens is 4. The average molecular weight is 233 g/mol. The first-order valence-electron chi connectivity index (χ1n) is 5.79. The Hall–Kier alpha value is -1.69. The van der Waals surface area contributed by atoms with Gasteiger partial charge in [-0.2, -0.15) is 10.1 Å². The average Bonchev–Trinajstić information content (AvgIpc) is 2.90. The van der Waals surface area contributed by atoms with Crippen molar-refractivity contribution in [2.24, 2.45) is 7.05 Å². The maximum Gasteiger partial charge on any atom is 0.261 e. The fraction of sp³-hybridized carbons (Fsp3) is 0.545. The van der Waals surface area contributed by atoms with Gasteiger partial charge < -0.3 is 9.84 Å². The second kappa shape index (κ2) is 3.96. The number of aryl methyl sites for hydroxylation is 2. The van der Waals surface area contributed by atoms with Crippen LogP contribution in [0, 0.1) is 6.92 Å². The summed E-state index contributed by atoms with van der Waals surface area (Å²) in [4.78, 5) is 4.36. The lowest BCUT2D eigenvalue weighted by molar-refractivity contribution is 0.419. The van der Waals surface area contributed by atoms with Crippen molar-refractivity contribution in [2.45, 2.75) is 32.4 Å². The van der Waals surface area contributed by atoms with Crippen molar-refractivity contribution in [2.75, 3.05) is 0 Å². The summed E-state index contributed by atoms with van der Waals surface area (Å²) in [5.41, 5.74) is 1.80. The molecule has 0 saturated heterocycles. The molecule has 1 aliphatic carbocycles. The summed E-state index contributed by atoms with van der Waals surface area (Å²) in [5.74, 6) is 1.25. The molecule has 1 aliphatic rings. The van der Waals surface area contributed by atoms with Gasteiger partial charge in [0.1, 0.15) is 0 Å². The van der Waals surface area contributed by atoms with Gasteiger partial charge in [0.05, 0.1) is 17.8 Å². The predicted molar refractivity (Wildman–Crippen MR) is 61.1 cm³/mol. The van der Waals surface area contributed by atoms with Crippen LogP contribution in [0.4, 0.5) is 0 Å². The summed E-state index contributed by atoms with van der Waals surface area (Å²) in [6.07, 6.45) is 4.40. The van der Waals surface area contributed by atoms with E-state index in [2.05, 4.69) is 20.6 Å². The molecule has 17 heavy (non-hydrogen) atoms. The molecule has 1 fully saturated rings. The maximum absolute atomic E-state index is 5.24. The van der Waals surface area contributed by atoms with Gasteiger partial charge in [0.15, 0.2) is 5.82 Å². The van der Waals surface area contributed by atoms with Crippen molar-refractivity contribution in [3.8, 4) is 11.5 Å². The van der Waals surface area contributed by atoms with E-state index in [0.29, 0.717) is 24.3 Å². The normalized spacial score (nSPS) is 15.4. The van der Waals surface area contributed by atoms with E-state index in [1.54, 1.807) is 4.68 Å². The molecule has 2 aromatic heterocycles. The Labute approximate surface area is 99.0 Å². The molecule has 0 atom stereocenters. The van der Waals surface area contributed by atoms with E-state index in [4.69, 9.17) is 4.52 Å². The van der Waals surface area contributed by atoms with Crippen LogP contribution in [0.1, 0.15) is 24.4 Å². The standard InChI is InChI=1S/C11H15N5O/c1-7-9(6-16(2)14-7)11-13-10(15-17-11)5-12-8-3-4-8/h6,8,12H,3-5H2,1-2H3. The molecular formula is C11H15N5O. The Bertz CT molecular complexity index is 526. The van der Waals surface area contributed by atoms with Crippen LogP contribution in [0.5, 0.6) is 0 Å². The van der Waals surface area contributed by atoms with Crippen LogP contribution in [0.2, 0.25) is 0 Å². The third-order valence-corrected chi connectivity index (χ3v) is 2.84. The summed E-state index contributed by atoms with van der Waals surface area (Å²) >= 11 is 0. The van der Waals surface area contributed by atoms with E-state index in [9.17, 15) is 0 Å². The zero-order valence-corrected chi connectivity index (χ0v) is 9.97. The van der Waals surface area contributed by atoms with Crippen molar-refractivity contribution in [3.05, 3.63) is 17.7 Å². The van der Waals surface area contributed by atoms with Gasteiger partial charge >= 0.3 is 0 Å². The van der Waals surface area contributed by atoms with Gasteiger partial charge in [-0.15, -0.1) is 0 Å². The van der Waals surface area contributed by atoms with Crippen LogP contribution in [-0.2, 0) is 13.6 Å². The van der Waals surface area contributed by atoms with Crippen LogP contribution in [-0.4, -0.2) is 26.0 Å². The molecule has 2 aromatic rings. The SMILES string of the molecule is Cc1nn(C)cc1-c1nc(CNC2CC2)no1. The molecular weight excluding hydrogens is 218 g/mol. The minimum Gasteiger partial charge on any atom is -0.334 e. The van der Waals surface area contributed by atoms with Gasteiger partial charge in [0, 0.05) is 19.3 Å². The number of hydrogen-bond acceptors (Lipinski definition) is 5. The van der Waals surface area contributed by atoms with Gasteiger partial charge in [0.2, 0.25) is 0 Å². The summed E-state index contributed by atoms with van der Waals surface area (Å²) in [6.45, 7) is 2.61. The molecule has 90 valence electrons. The molecule has 0 aromatic carbocycles. The fourth-order valence-electron chi connectivity index (χ4n) is 1.77. The second-order valence-electron chi connectivity index (χ2n) is 4.47. The van der Waals surface area contributed by atoms with E-state index in [0.717, 1.165) is 11.3 Å². The summed E-state index contributed by atoms with van der Waals surface area (Å²) < 4.78 is 6.99. The molecule has 1 saturated carbocycles. The van der Waals surface area contributed by atoms with Crippen LogP contribution in [0.25, 0.3) is 11.5 Å². The molecule has 1 N–H and O–H groups in total. The third kappa shape index (κ3) is 2.21. The highest BCUT2D eigenvalue weighted by atomic mass is 16.5. The molecule has 6 nitrogen and oxygen atoms in total. The van der Waals surface area contributed by atoms with E-state index < -0.39 is 0 Å². The summed E-state index contributed by atoms with van der Waals surface area (Å²) in [5, 5.41) is 11.6. The Morgan fingerprint density at radius 3 is 3.00 bits per heavy atom. The summed E-state index contributed by atoms with van der Waals surface area (Å²) in [6, 6.07) is 0.650. The first-order valence-corrected chi connectivity index (χ1v) is 5.79. The van der Waals surface area contributed by atoms with Crippen molar-refractivity contribution in [3.63, 3.8) is 0 Å². The van der Waals surface area contributed by atoms with Gasteiger partial charge in [-0.3, -0.25) is 4.68 Å². The third-order valence-electron chi connectivity index (χ3n) is 2.84. The molecule has 0 spiro atoms. The first-order chi connectivity index (χ1) is 8.22. The highest BCUT2D eigenvalue weighted by molar-refractivity contribution is 5.54. The Morgan fingerprint density at radius 2 is 2.35 bits per heavy atom. The van der Waals surface area contributed by atoms with E-state index in [1.165, 1.54) is 12.8 Å². The molecule has 0 amide bonds. The number of nitrogens with zero attached hydrogens (tertiary/aromatic N) is 4. The number of hydrogen-bond donors (Lipinski definition) is 1. The minimum absolute atomic E-state index is 0.545. The second-order valence-corrected chi connectivity index (χ2v) is 4.47. The van der Waals surface area contributed by atoms with Gasteiger partial charge in [-0.25, -0.2) is 0 Å². The number of rotatable bonds is 4. The van der Waals surface area contributed by atoms with Crippen molar-refractivity contribution < 1.29 is 4.52 Å². The van der Waals surface area contributed by atoms with Crippen LogP contribution >= 0.6 is 0 Å². The summed E-state index contributed by atoms with van der Waals surface area (Å²) in [7, 11) is 1.88. The predicted octanol–water partition coefficient (Wildman–Crippen LogP) is 1.03. The molecule has 2 heterocycles. The topological polar surface area (TPSA) is 68.8 Å². The van der Waals surface area contributed by atoms with Crippen LogP contribution < -0.4 is 5.32 Å². The molecule has 0 aliphatic heterocycles. The molecule has 0 unspecified atom stereocenters. The smallest absolute Gasteiger partial charge is 0.261 e. The monoisotopic (exact) mass is 233 g/mol. The fourth-order valence-corrected chi connectivity index (χ4v) is 1.77. The maximum atomic E-state index is 5.24. The van der Waals surface area contributed by atoms with Gasteiger partial charge in [0.25, 0.3) is 5.89 Å². The lowest BCUT2D eigenvalue weighted by Gasteiger charge is -1.94. The van der Waals surface area contributed by atoms with Gasteiger partial charge in [-0.05, 0) is 19.8 Å². The largest absolute Gasteiger partial charge is 0.334 e. The molecule has 0 radical (unpaired) electrons. The van der Waals surface area contributed by atoms with Crippen LogP contribution in [0.15, 0.2) is 10.7 Å². The Morgan fingerprint density at radius 1 is 1.53 bits per heavy atom. The zero-order chi connectivity index (χ0) is 11.8. The number of nitrogens with one attached hydrogen (secondary N) is 1. The Kier molecular flexibility index (Phi) is 2.44. The quantitative estimate of drug-likeness (QED) is 0.854. The molecule has 3 rings (SSSR count).